The summed E-state index contributed by atoms with van der Waals surface area (Å²) in [6.45, 7) is 4.79. The summed E-state index contributed by atoms with van der Waals surface area (Å²) in [6, 6.07) is 10.3. The average molecular weight is 290 g/mol. The van der Waals surface area contributed by atoms with Gasteiger partial charge >= 0.3 is 0 Å². The molecule has 1 aliphatic rings. The molecule has 1 amide bonds. The number of likely N-dealkylation sites (tertiary alicyclic amines) is 1. The van der Waals surface area contributed by atoms with E-state index in [-0.39, 0.29) is 11.9 Å². The Morgan fingerprint density at radius 1 is 1.33 bits per heavy atom. The van der Waals surface area contributed by atoms with Crippen LogP contribution >= 0.6 is 0 Å². The second-order valence-corrected chi connectivity index (χ2v) is 5.87. The van der Waals surface area contributed by atoms with Crippen molar-refractivity contribution < 1.29 is 9.53 Å². The monoisotopic (exact) mass is 290 g/mol. The van der Waals surface area contributed by atoms with Gasteiger partial charge in [-0.25, -0.2) is 0 Å². The average Bonchev–Trinajstić information content (AvgIpc) is 2.52. The maximum absolute atomic E-state index is 12.1. The van der Waals surface area contributed by atoms with Crippen LogP contribution in [0.1, 0.15) is 31.7 Å². The first kappa shape index (κ1) is 16.0. The Bertz CT molecular complexity index is 426. The van der Waals surface area contributed by atoms with Crippen LogP contribution in [0.15, 0.2) is 30.3 Å². The van der Waals surface area contributed by atoms with Crippen LogP contribution in [-0.2, 0) is 16.1 Å². The summed E-state index contributed by atoms with van der Waals surface area (Å²) < 4.78 is 5.57. The number of nitrogens with two attached hydrogens (primary N) is 1. The van der Waals surface area contributed by atoms with Gasteiger partial charge in [-0.15, -0.1) is 0 Å². The number of hydrogen-bond acceptors (Lipinski definition) is 3. The van der Waals surface area contributed by atoms with Gasteiger partial charge in [-0.05, 0) is 31.2 Å². The van der Waals surface area contributed by atoms with E-state index in [1.165, 1.54) is 0 Å². The fraction of sp³-hybridized carbons (Fsp3) is 0.588. The highest BCUT2D eigenvalue weighted by Crippen LogP contribution is 2.19. The standard InChI is InChI=1S/C17H26N2O2/c1-14(18)16-7-10-19(11-8-16)17(20)9-12-21-13-15-5-3-2-4-6-15/h2-6,14,16H,7-13,18H2,1H3. The Balaban J connectivity index is 1.62. The van der Waals surface area contributed by atoms with Gasteiger partial charge in [0.2, 0.25) is 5.91 Å². The van der Waals surface area contributed by atoms with Gasteiger partial charge in [0.1, 0.15) is 0 Å². The van der Waals surface area contributed by atoms with Gasteiger partial charge in [-0.3, -0.25) is 4.79 Å². The molecule has 2 rings (SSSR count). The molecule has 0 saturated carbocycles. The molecule has 1 heterocycles. The zero-order chi connectivity index (χ0) is 15.1. The summed E-state index contributed by atoms with van der Waals surface area (Å²) in [4.78, 5) is 14.0. The number of carbonyl (C=O) groups is 1. The van der Waals surface area contributed by atoms with Crippen molar-refractivity contribution in [3.63, 3.8) is 0 Å². The van der Waals surface area contributed by atoms with Crippen molar-refractivity contribution >= 4 is 5.91 Å². The minimum atomic E-state index is 0.200. The first-order valence-electron chi connectivity index (χ1n) is 7.82. The Morgan fingerprint density at radius 2 is 2.00 bits per heavy atom. The molecule has 0 bridgehead atoms. The Morgan fingerprint density at radius 3 is 2.62 bits per heavy atom. The number of rotatable bonds is 6. The second-order valence-electron chi connectivity index (χ2n) is 5.87. The lowest BCUT2D eigenvalue weighted by Gasteiger charge is -2.33. The Labute approximate surface area is 127 Å². The molecule has 0 aliphatic carbocycles. The molecule has 4 heteroatoms. The maximum Gasteiger partial charge on any atom is 0.224 e. The fourth-order valence-electron chi connectivity index (χ4n) is 2.76. The zero-order valence-electron chi connectivity index (χ0n) is 12.8. The quantitative estimate of drug-likeness (QED) is 0.817. The summed E-state index contributed by atoms with van der Waals surface area (Å²) in [6.07, 6.45) is 2.51. The van der Waals surface area contributed by atoms with Crippen LogP contribution in [0.2, 0.25) is 0 Å². The largest absolute Gasteiger partial charge is 0.376 e. The molecule has 2 N–H and O–H groups in total. The first-order valence-corrected chi connectivity index (χ1v) is 7.82. The summed E-state index contributed by atoms with van der Waals surface area (Å²) in [7, 11) is 0. The zero-order valence-corrected chi connectivity index (χ0v) is 12.8. The number of carbonyl (C=O) groups excluding carboxylic acids is 1. The normalized spacial score (nSPS) is 17.7. The Hall–Kier alpha value is -1.39. The minimum absolute atomic E-state index is 0.200. The third-order valence-electron chi connectivity index (χ3n) is 4.21. The van der Waals surface area contributed by atoms with E-state index in [0.29, 0.717) is 25.6 Å². The number of hydrogen-bond donors (Lipinski definition) is 1. The number of piperidine rings is 1. The molecule has 1 unspecified atom stereocenters. The van der Waals surface area contributed by atoms with Crippen LogP contribution in [0.3, 0.4) is 0 Å². The van der Waals surface area contributed by atoms with Crippen molar-refractivity contribution in [2.24, 2.45) is 11.7 Å². The molecular weight excluding hydrogens is 264 g/mol. The van der Waals surface area contributed by atoms with E-state index in [9.17, 15) is 4.79 Å². The van der Waals surface area contributed by atoms with Crippen molar-refractivity contribution in [2.75, 3.05) is 19.7 Å². The van der Waals surface area contributed by atoms with Gasteiger partial charge in [-0.1, -0.05) is 30.3 Å². The number of ether oxygens (including phenoxy) is 1. The van der Waals surface area contributed by atoms with Crippen LogP contribution in [0.5, 0.6) is 0 Å². The molecule has 1 aromatic rings. The topological polar surface area (TPSA) is 55.6 Å². The van der Waals surface area contributed by atoms with E-state index in [4.69, 9.17) is 10.5 Å². The van der Waals surface area contributed by atoms with Crippen LogP contribution in [0.4, 0.5) is 0 Å². The second kappa shape index (κ2) is 8.15. The first-order chi connectivity index (χ1) is 10.2. The van der Waals surface area contributed by atoms with Crippen LogP contribution < -0.4 is 5.73 Å². The summed E-state index contributed by atoms with van der Waals surface area (Å²) >= 11 is 0. The van der Waals surface area contributed by atoms with E-state index in [1.807, 2.05) is 35.2 Å². The highest BCUT2D eigenvalue weighted by atomic mass is 16.5. The van der Waals surface area contributed by atoms with Gasteiger partial charge < -0.3 is 15.4 Å². The summed E-state index contributed by atoms with van der Waals surface area (Å²) in [5, 5.41) is 0. The van der Waals surface area contributed by atoms with Crippen molar-refractivity contribution in [1.82, 2.24) is 4.90 Å². The summed E-state index contributed by atoms with van der Waals surface area (Å²) in [5.41, 5.74) is 7.06. The SMILES string of the molecule is CC(N)C1CCN(C(=O)CCOCc2ccccc2)CC1. The summed E-state index contributed by atoms with van der Waals surface area (Å²) in [5.74, 6) is 0.759. The van der Waals surface area contributed by atoms with Crippen LogP contribution in [-0.4, -0.2) is 36.5 Å². The smallest absolute Gasteiger partial charge is 0.224 e. The fourth-order valence-corrected chi connectivity index (χ4v) is 2.76. The number of nitrogens with zero attached hydrogens (tertiary/aromatic N) is 1. The molecule has 116 valence electrons. The highest BCUT2D eigenvalue weighted by Gasteiger charge is 2.24. The molecule has 1 saturated heterocycles. The van der Waals surface area contributed by atoms with Gasteiger partial charge in [0.05, 0.1) is 19.6 Å². The molecule has 0 radical (unpaired) electrons. The molecule has 4 nitrogen and oxygen atoms in total. The molecule has 1 aliphatic heterocycles. The van der Waals surface area contributed by atoms with Crippen molar-refractivity contribution in [3.8, 4) is 0 Å². The molecule has 0 spiro atoms. The lowest BCUT2D eigenvalue weighted by atomic mass is 9.91. The third kappa shape index (κ3) is 5.14. The molecule has 1 atom stereocenters. The van der Waals surface area contributed by atoms with E-state index in [2.05, 4.69) is 6.92 Å². The van der Waals surface area contributed by atoms with E-state index < -0.39 is 0 Å². The van der Waals surface area contributed by atoms with Crippen molar-refractivity contribution in [2.45, 2.75) is 38.8 Å². The van der Waals surface area contributed by atoms with Crippen molar-refractivity contribution in [1.29, 1.82) is 0 Å². The van der Waals surface area contributed by atoms with Gasteiger partial charge in [0.15, 0.2) is 0 Å². The van der Waals surface area contributed by atoms with Crippen LogP contribution in [0, 0.1) is 5.92 Å². The lowest BCUT2D eigenvalue weighted by molar-refractivity contribution is -0.133. The predicted octanol–water partition coefficient (Wildman–Crippen LogP) is 2.18. The number of benzene rings is 1. The van der Waals surface area contributed by atoms with Gasteiger partial charge in [0.25, 0.3) is 0 Å². The van der Waals surface area contributed by atoms with E-state index in [1.54, 1.807) is 0 Å². The van der Waals surface area contributed by atoms with Gasteiger partial charge in [0, 0.05) is 19.1 Å². The lowest BCUT2D eigenvalue weighted by Crippen LogP contribution is -2.42. The maximum atomic E-state index is 12.1. The van der Waals surface area contributed by atoms with E-state index in [0.717, 1.165) is 31.5 Å². The molecule has 0 aromatic heterocycles. The Kier molecular flexibility index (Phi) is 6.21. The molecule has 21 heavy (non-hydrogen) atoms. The van der Waals surface area contributed by atoms with Crippen LogP contribution in [0.25, 0.3) is 0 Å². The van der Waals surface area contributed by atoms with E-state index >= 15 is 0 Å². The molecular formula is C17H26N2O2. The molecule has 1 aromatic carbocycles. The number of amides is 1. The predicted molar refractivity (Wildman–Crippen MR) is 83.7 cm³/mol. The van der Waals surface area contributed by atoms with Gasteiger partial charge in [-0.2, -0.15) is 0 Å². The highest BCUT2D eigenvalue weighted by molar-refractivity contribution is 5.76. The minimum Gasteiger partial charge on any atom is -0.376 e. The third-order valence-corrected chi connectivity index (χ3v) is 4.21. The molecule has 1 fully saturated rings. The van der Waals surface area contributed by atoms with Crippen molar-refractivity contribution in [3.05, 3.63) is 35.9 Å².